The van der Waals surface area contributed by atoms with Crippen molar-refractivity contribution in [2.75, 3.05) is 32.1 Å². The molecule has 8 heteroatoms. The number of halogens is 1. The van der Waals surface area contributed by atoms with Crippen molar-refractivity contribution in [1.82, 2.24) is 15.0 Å². The van der Waals surface area contributed by atoms with Crippen molar-refractivity contribution in [1.29, 1.82) is 0 Å². The number of anilines is 1. The predicted octanol–water partition coefficient (Wildman–Crippen LogP) is 4.53. The number of aromatic nitrogens is 2. The van der Waals surface area contributed by atoms with Crippen LogP contribution in [0, 0.1) is 6.92 Å². The summed E-state index contributed by atoms with van der Waals surface area (Å²) in [5.74, 6) is 1.92. The predicted molar refractivity (Wildman–Crippen MR) is 120 cm³/mol. The van der Waals surface area contributed by atoms with Crippen LogP contribution in [0.25, 0.3) is 11.4 Å². The third kappa shape index (κ3) is 5.06. The lowest BCUT2D eigenvalue weighted by Gasteiger charge is -2.29. The highest BCUT2D eigenvalue weighted by Crippen LogP contribution is 2.31. The molecule has 31 heavy (non-hydrogen) atoms. The first kappa shape index (κ1) is 21.3. The molecule has 1 saturated heterocycles. The van der Waals surface area contributed by atoms with Gasteiger partial charge in [0.1, 0.15) is 5.75 Å². The molecule has 162 valence electrons. The standard InChI is InChI=1S/C23H25ClN4O3/c1-15-7-8-20(30-2)19(13-15)25-21(29)14-28-11-9-16(10-12-28)23-26-22(27-31-23)17-5-3-4-6-18(17)24/h3-8,13,16H,9-12,14H2,1-2H3,(H,25,29). The largest absolute Gasteiger partial charge is 0.495 e. The van der Waals surface area contributed by atoms with E-state index in [0.717, 1.165) is 37.1 Å². The Labute approximate surface area is 186 Å². The van der Waals surface area contributed by atoms with E-state index in [1.54, 1.807) is 7.11 Å². The van der Waals surface area contributed by atoms with Crippen LogP contribution >= 0.6 is 11.6 Å². The number of hydrogen-bond acceptors (Lipinski definition) is 6. The Morgan fingerprint density at radius 2 is 2.03 bits per heavy atom. The van der Waals surface area contributed by atoms with Gasteiger partial charge >= 0.3 is 0 Å². The summed E-state index contributed by atoms with van der Waals surface area (Å²) in [6, 6.07) is 13.2. The summed E-state index contributed by atoms with van der Waals surface area (Å²) >= 11 is 6.23. The van der Waals surface area contributed by atoms with Crippen LogP contribution in [0.1, 0.15) is 30.2 Å². The molecular formula is C23H25ClN4O3. The first-order chi connectivity index (χ1) is 15.0. The minimum Gasteiger partial charge on any atom is -0.495 e. The van der Waals surface area contributed by atoms with Gasteiger partial charge in [-0.1, -0.05) is 35.0 Å². The number of piperidine rings is 1. The van der Waals surface area contributed by atoms with Crippen LogP contribution in [0.5, 0.6) is 5.75 Å². The Bertz CT molecular complexity index is 1060. The first-order valence-corrected chi connectivity index (χ1v) is 10.7. The van der Waals surface area contributed by atoms with Crippen LogP contribution in [-0.2, 0) is 4.79 Å². The first-order valence-electron chi connectivity index (χ1n) is 10.3. The van der Waals surface area contributed by atoms with Crippen molar-refractivity contribution in [3.8, 4) is 17.1 Å². The van der Waals surface area contributed by atoms with Crippen molar-refractivity contribution in [3.63, 3.8) is 0 Å². The molecule has 3 aromatic rings. The SMILES string of the molecule is COc1ccc(C)cc1NC(=O)CN1CCC(c2nc(-c3ccccc3Cl)no2)CC1. The van der Waals surface area contributed by atoms with E-state index in [1.807, 2.05) is 49.4 Å². The monoisotopic (exact) mass is 440 g/mol. The molecule has 1 amide bonds. The van der Waals surface area contributed by atoms with E-state index in [-0.39, 0.29) is 11.8 Å². The zero-order valence-electron chi connectivity index (χ0n) is 17.6. The maximum atomic E-state index is 12.5. The fraction of sp³-hybridized carbons (Fsp3) is 0.348. The maximum absolute atomic E-state index is 12.5. The zero-order valence-corrected chi connectivity index (χ0v) is 18.4. The second-order valence-electron chi connectivity index (χ2n) is 7.74. The molecule has 0 atom stereocenters. The average Bonchev–Trinajstić information content (AvgIpc) is 3.25. The molecule has 1 aliphatic heterocycles. The molecule has 1 N–H and O–H groups in total. The Kier molecular flexibility index (Phi) is 6.53. The molecule has 0 radical (unpaired) electrons. The summed E-state index contributed by atoms with van der Waals surface area (Å²) in [6.45, 7) is 3.88. The molecule has 1 aromatic heterocycles. The van der Waals surface area contributed by atoms with Gasteiger partial charge in [0.2, 0.25) is 17.6 Å². The minimum atomic E-state index is -0.0545. The number of ether oxygens (including phenoxy) is 1. The van der Waals surface area contributed by atoms with E-state index in [0.29, 0.717) is 34.7 Å². The lowest BCUT2D eigenvalue weighted by Crippen LogP contribution is -2.38. The summed E-state index contributed by atoms with van der Waals surface area (Å²) < 4.78 is 10.8. The number of likely N-dealkylation sites (tertiary alicyclic amines) is 1. The zero-order chi connectivity index (χ0) is 21.8. The molecule has 1 fully saturated rings. The number of hydrogen-bond donors (Lipinski definition) is 1. The molecule has 0 unspecified atom stereocenters. The van der Waals surface area contributed by atoms with Crippen LogP contribution in [0.2, 0.25) is 5.02 Å². The minimum absolute atomic E-state index is 0.0545. The smallest absolute Gasteiger partial charge is 0.238 e. The molecule has 0 bridgehead atoms. The topological polar surface area (TPSA) is 80.5 Å². The second kappa shape index (κ2) is 9.49. The molecule has 0 spiro atoms. The Morgan fingerprint density at radius 1 is 1.26 bits per heavy atom. The van der Waals surface area contributed by atoms with Gasteiger partial charge in [-0.05, 0) is 62.7 Å². The van der Waals surface area contributed by atoms with E-state index in [4.69, 9.17) is 20.9 Å². The van der Waals surface area contributed by atoms with Gasteiger partial charge in [0.05, 0.1) is 24.4 Å². The van der Waals surface area contributed by atoms with E-state index in [2.05, 4.69) is 20.4 Å². The normalized spacial score (nSPS) is 15.1. The molecule has 2 heterocycles. The number of amides is 1. The number of rotatable bonds is 6. The number of carbonyl (C=O) groups excluding carboxylic acids is 1. The van der Waals surface area contributed by atoms with E-state index >= 15 is 0 Å². The number of aryl methyl sites for hydroxylation is 1. The van der Waals surface area contributed by atoms with E-state index < -0.39 is 0 Å². The van der Waals surface area contributed by atoms with Crippen molar-refractivity contribution in [2.24, 2.45) is 0 Å². The second-order valence-corrected chi connectivity index (χ2v) is 8.15. The highest BCUT2D eigenvalue weighted by Gasteiger charge is 2.26. The third-order valence-corrected chi connectivity index (χ3v) is 5.82. The number of carbonyl (C=O) groups is 1. The third-order valence-electron chi connectivity index (χ3n) is 5.49. The quantitative estimate of drug-likeness (QED) is 0.606. The van der Waals surface area contributed by atoms with Crippen LogP contribution in [0.4, 0.5) is 5.69 Å². The highest BCUT2D eigenvalue weighted by atomic mass is 35.5. The number of benzene rings is 2. The molecule has 1 aliphatic rings. The van der Waals surface area contributed by atoms with Gasteiger partial charge in [0, 0.05) is 11.5 Å². The molecule has 0 saturated carbocycles. The van der Waals surface area contributed by atoms with Crippen molar-refractivity contribution in [2.45, 2.75) is 25.7 Å². The van der Waals surface area contributed by atoms with E-state index in [1.165, 1.54) is 0 Å². The van der Waals surface area contributed by atoms with Crippen LogP contribution < -0.4 is 10.1 Å². The average molecular weight is 441 g/mol. The highest BCUT2D eigenvalue weighted by molar-refractivity contribution is 6.33. The molecule has 2 aromatic carbocycles. The Balaban J connectivity index is 1.32. The van der Waals surface area contributed by atoms with Gasteiger partial charge in [-0.3, -0.25) is 9.69 Å². The fourth-order valence-corrected chi connectivity index (χ4v) is 4.02. The Hall–Kier alpha value is -2.90. The van der Waals surface area contributed by atoms with Crippen molar-refractivity contribution in [3.05, 3.63) is 58.9 Å². The van der Waals surface area contributed by atoms with Gasteiger partial charge < -0.3 is 14.6 Å². The van der Waals surface area contributed by atoms with Gasteiger partial charge in [0.15, 0.2) is 0 Å². The molecule has 7 nitrogen and oxygen atoms in total. The lowest BCUT2D eigenvalue weighted by molar-refractivity contribution is -0.117. The Morgan fingerprint density at radius 3 is 2.77 bits per heavy atom. The summed E-state index contributed by atoms with van der Waals surface area (Å²) in [7, 11) is 1.60. The van der Waals surface area contributed by atoms with Crippen LogP contribution in [0.3, 0.4) is 0 Å². The molecular weight excluding hydrogens is 416 g/mol. The fourth-order valence-electron chi connectivity index (χ4n) is 3.80. The maximum Gasteiger partial charge on any atom is 0.238 e. The summed E-state index contributed by atoms with van der Waals surface area (Å²) in [5, 5.41) is 7.66. The van der Waals surface area contributed by atoms with Gasteiger partial charge in [-0.25, -0.2) is 0 Å². The lowest BCUT2D eigenvalue weighted by atomic mass is 9.97. The van der Waals surface area contributed by atoms with Gasteiger partial charge in [-0.15, -0.1) is 0 Å². The number of nitrogens with one attached hydrogen (secondary N) is 1. The summed E-state index contributed by atoms with van der Waals surface area (Å²) in [5.41, 5.74) is 2.52. The van der Waals surface area contributed by atoms with E-state index in [9.17, 15) is 4.79 Å². The summed E-state index contributed by atoms with van der Waals surface area (Å²) in [4.78, 5) is 19.2. The molecule has 4 rings (SSSR count). The summed E-state index contributed by atoms with van der Waals surface area (Å²) in [6.07, 6.45) is 1.70. The van der Waals surface area contributed by atoms with Crippen molar-refractivity contribution < 1.29 is 14.1 Å². The van der Waals surface area contributed by atoms with Gasteiger partial charge in [0.25, 0.3) is 0 Å². The molecule has 0 aliphatic carbocycles. The number of methoxy groups -OCH3 is 1. The van der Waals surface area contributed by atoms with Crippen molar-refractivity contribution >= 4 is 23.2 Å². The van der Waals surface area contributed by atoms with Gasteiger partial charge in [-0.2, -0.15) is 4.98 Å². The van der Waals surface area contributed by atoms with Crippen LogP contribution in [-0.4, -0.2) is 47.7 Å². The van der Waals surface area contributed by atoms with Crippen LogP contribution in [0.15, 0.2) is 47.0 Å². The number of nitrogens with zero attached hydrogens (tertiary/aromatic N) is 3.